The van der Waals surface area contributed by atoms with E-state index in [2.05, 4.69) is 19.7 Å². The highest BCUT2D eigenvalue weighted by molar-refractivity contribution is 6.31. The van der Waals surface area contributed by atoms with Crippen molar-refractivity contribution in [2.45, 2.75) is 18.9 Å². The van der Waals surface area contributed by atoms with Gasteiger partial charge < -0.3 is 15.2 Å². The van der Waals surface area contributed by atoms with E-state index in [0.717, 1.165) is 6.20 Å². The second-order valence-corrected chi connectivity index (χ2v) is 6.68. The molecule has 152 valence electrons. The van der Waals surface area contributed by atoms with Crippen LogP contribution in [0.15, 0.2) is 47.4 Å². The first-order valence-corrected chi connectivity index (χ1v) is 8.86. The molecule has 0 fully saturated rings. The lowest BCUT2D eigenvalue weighted by Crippen LogP contribution is -2.33. The van der Waals surface area contributed by atoms with E-state index in [9.17, 15) is 13.6 Å². The van der Waals surface area contributed by atoms with Gasteiger partial charge in [-0.05, 0) is 24.6 Å². The van der Waals surface area contributed by atoms with Gasteiger partial charge in [0.25, 0.3) is 6.02 Å². The number of halogens is 3. The summed E-state index contributed by atoms with van der Waals surface area (Å²) in [5.41, 5.74) is 5.24. The molecule has 0 saturated heterocycles. The summed E-state index contributed by atoms with van der Waals surface area (Å²) >= 11 is 6.30. The summed E-state index contributed by atoms with van der Waals surface area (Å²) < 4.78 is 35.9. The molecule has 10 heteroatoms. The Balaban J connectivity index is 1.89. The van der Waals surface area contributed by atoms with Crippen molar-refractivity contribution in [2.24, 2.45) is 10.7 Å². The zero-order valence-electron chi connectivity index (χ0n) is 15.4. The largest absolute Gasteiger partial charge is 0.445 e. The SMILES string of the molecule is CC1=CC(CF)(c2cc(CC(=O)c3cnc(OCF)cn3)ccc2Cl)N=C(N)O1. The molecule has 0 amide bonds. The molecule has 2 N–H and O–H groups in total. The van der Waals surface area contributed by atoms with Crippen molar-refractivity contribution in [1.82, 2.24) is 9.97 Å². The smallest absolute Gasteiger partial charge is 0.288 e. The van der Waals surface area contributed by atoms with Gasteiger partial charge in [0.1, 0.15) is 23.7 Å². The second-order valence-electron chi connectivity index (χ2n) is 6.27. The molecular formula is C19H17ClF2N4O3. The molecule has 0 aliphatic carbocycles. The first kappa shape index (κ1) is 20.7. The minimum absolute atomic E-state index is 0.0279. The zero-order valence-corrected chi connectivity index (χ0v) is 16.1. The minimum atomic E-state index is -1.44. The normalized spacial score (nSPS) is 18.5. The van der Waals surface area contributed by atoms with Crippen molar-refractivity contribution in [3.8, 4) is 5.88 Å². The quantitative estimate of drug-likeness (QED) is 0.687. The molecule has 0 saturated carbocycles. The predicted molar refractivity (Wildman–Crippen MR) is 102 cm³/mol. The van der Waals surface area contributed by atoms with Gasteiger partial charge in [-0.2, -0.15) is 0 Å². The monoisotopic (exact) mass is 422 g/mol. The van der Waals surface area contributed by atoms with E-state index in [1.807, 2.05) is 0 Å². The number of hydrogen-bond donors (Lipinski definition) is 1. The number of benzene rings is 1. The molecule has 29 heavy (non-hydrogen) atoms. The summed E-state index contributed by atoms with van der Waals surface area (Å²) in [4.78, 5) is 24.3. The van der Waals surface area contributed by atoms with Crippen LogP contribution in [0.25, 0.3) is 0 Å². The molecule has 1 aliphatic heterocycles. The van der Waals surface area contributed by atoms with E-state index in [-0.39, 0.29) is 34.8 Å². The summed E-state index contributed by atoms with van der Waals surface area (Å²) in [6.45, 7) is -0.312. The van der Waals surface area contributed by atoms with Crippen LogP contribution in [-0.2, 0) is 16.7 Å². The van der Waals surface area contributed by atoms with Crippen molar-refractivity contribution in [2.75, 3.05) is 13.5 Å². The third kappa shape index (κ3) is 4.51. The van der Waals surface area contributed by atoms with Gasteiger partial charge >= 0.3 is 0 Å². The molecule has 2 heterocycles. The number of carbonyl (C=O) groups excluding carboxylic acids is 1. The third-order valence-electron chi connectivity index (χ3n) is 4.20. The van der Waals surface area contributed by atoms with Crippen molar-refractivity contribution < 1.29 is 23.0 Å². The Kier molecular flexibility index (Phi) is 6.07. The van der Waals surface area contributed by atoms with Crippen LogP contribution in [-0.4, -0.2) is 35.3 Å². The molecule has 1 aromatic carbocycles. The molecule has 7 nitrogen and oxygen atoms in total. The molecule has 1 aliphatic rings. The van der Waals surface area contributed by atoms with Crippen molar-refractivity contribution in [3.05, 3.63) is 64.3 Å². The summed E-state index contributed by atoms with van der Waals surface area (Å²) in [6, 6.07) is 4.63. The number of hydrogen-bond acceptors (Lipinski definition) is 7. The number of amidine groups is 1. The number of ether oxygens (including phenoxy) is 2. The lowest BCUT2D eigenvalue weighted by atomic mass is 9.88. The van der Waals surface area contributed by atoms with Gasteiger partial charge in [-0.1, -0.05) is 23.7 Å². The van der Waals surface area contributed by atoms with Crippen molar-refractivity contribution in [3.63, 3.8) is 0 Å². The minimum Gasteiger partial charge on any atom is -0.445 e. The molecule has 1 unspecified atom stereocenters. The number of aliphatic imine (C=N–C) groups is 1. The molecule has 1 aromatic heterocycles. The second kappa shape index (κ2) is 8.52. The average molecular weight is 423 g/mol. The number of rotatable bonds is 7. The number of aromatic nitrogens is 2. The average Bonchev–Trinajstić information content (AvgIpc) is 2.69. The summed E-state index contributed by atoms with van der Waals surface area (Å²) in [5, 5.41) is 0.272. The van der Waals surface area contributed by atoms with Gasteiger partial charge in [0.05, 0.1) is 12.4 Å². The Bertz CT molecular complexity index is 962. The van der Waals surface area contributed by atoms with E-state index in [0.29, 0.717) is 16.9 Å². The van der Waals surface area contributed by atoms with Crippen LogP contribution < -0.4 is 10.5 Å². The molecule has 2 aromatic rings. The van der Waals surface area contributed by atoms with Crippen LogP contribution >= 0.6 is 11.6 Å². The molecule has 0 radical (unpaired) electrons. The number of carbonyl (C=O) groups is 1. The number of Topliss-reactive ketones (excluding diaryl/α,β-unsaturated/α-hetero) is 1. The molecule has 3 rings (SSSR count). The Hall–Kier alpha value is -3.07. The van der Waals surface area contributed by atoms with E-state index >= 15 is 0 Å². The van der Waals surface area contributed by atoms with E-state index in [4.69, 9.17) is 22.1 Å². The van der Waals surface area contributed by atoms with E-state index in [1.54, 1.807) is 25.1 Å². The standard InChI is InChI=1S/C19H17ClF2N4O3/c1-11-6-19(9-21,26-18(23)29-11)13-4-12(2-3-14(13)20)5-16(27)15-7-25-17(8-24-15)28-10-22/h2-4,6-8H,5,9-10H2,1H3,(H2,23,26). The highest BCUT2D eigenvalue weighted by Crippen LogP contribution is 2.37. The first-order valence-electron chi connectivity index (χ1n) is 8.48. The number of ketones is 1. The fraction of sp³-hybridized carbons (Fsp3) is 0.263. The van der Waals surface area contributed by atoms with Crippen LogP contribution in [0, 0.1) is 0 Å². The van der Waals surface area contributed by atoms with Gasteiger partial charge in [0, 0.05) is 17.0 Å². The van der Waals surface area contributed by atoms with Crippen LogP contribution in [0.2, 0.25) is 5.02 Å². The van der Waals surface area contributed by atoms with Gasteiger partial charge in [0.2, 0.25) is 12.7 Å². The third-order valence-corrected chi connectivity index (χ3v) is 4.53. The van der Waals surface area contributed by atoms with E-state index < -0.39 is 19.1 Å². The topological polar surface area (TPSA) is 99.7 Å². The zero-order chi connectivity index (χ0) is 21.0. The maximum absolute atomic E-state index is 14.1. The fourth-order valence-corrected chi connectivity index (χ4v) is 3.22. The molecule has 0 spiro atoms. The van der Waals surface area contributed by atoms with E-state index in [1.165, 1.54) is 12.3 Å². The van der Waals surface area contributed by atoms with Gasteiger partial charge in [0.15, 0.2) is 5.78 Å². The fourth-order valence-electron chi connectivity index (χ4n) is 2.94. The Morgan fingerprint density at radius 2 is 2.10 bits per heavy atom. The maximum Gasteiger partial charge on any atom is 0.288 e. The summed E-state index contributed by atoms with van der Waals surface area (Å²) in [5.74, 6) is 0.0204. The van der Waals surface area contributed by atoms with Crippen molar-refractivity contribution >= 4 is 23.4 Å². The number of alkyl halides is 2. The lowest BCUT2D eigenvalue weighted by molar-refractivity contribution is 0.0987. The Morgan fingerprint density at radius 3 is 2.72 bits per heavy atom. The van der Waals surface area contributed by atoms with Crippen molar-refractivity contribution in [1.29, 1.82) is 0 Å². The van der Waals surface area contributed by atoms with Gasteiger partial charge in [-0.15, -0.1) is 0 Å². The lowest BCUT2D eigenvalue weighted by Gasteiger charge is -2.29. The molecule has 0 bridgehead atoms. The number of allylic oxidation sites excluding steroid dienone is 1. The first-order chi connectivity index (χ1) is 13.9. The van der Waals surface area contributed by atoms with Crippen LogP contribution in [0.1, 0.15) is 28.5 Å². The number of nitrogens with zero attached hydrogens (tertiary/aromatic N) is 3. The highest BCUT2D eigenvalue weighted by atomic mass is 35.5. The predicted octanol–water partition coefficient (Wildman–Crippen LogP) is 3.27. The Morgan fingerprint density at radius 1 is 1.31 bits per heavy atom. The van der Waals surface area contributed by atoms with Crippen LogP contribution in [0.3, 0.4) is 0 Å². The summed E-state index contributed by atoms with van der Waals surface area (Å²) in [7, 11) is 0. The Labute approximate surface area is 170 Å². The number of nitrogens with two attached hydrogens (primary N) is 1. The highest BCUT2D eigenvalue weighted by Gasteiger charge is 2.36. The van der Waals surface area contributed by atoms with Gasteiger partial charge in [-0.25, -0.2) is 23.7 Å². The van der Waals surface area contributed by atoms with Crippen LogP contribution in [0.5, 0.6) is 5.88 Å². The molecular weight excluding hydrogens is 406 g/mol. The van der Waals surface area contributed by atoms with Gasteiger partial charge in [-0.3, -0.25) is 4.79 Å². The molecule has 1 atom stereocenters. The van der Waals surface area contributed by atoms with Crippen LogP contribution in [0.4, 0.5) is 8.78 Å². The summed E-state index contributed by atoms with van der Waals surface area (Å²) in [6.07, 6.45) is 3.81. The maximum atomic E-state index is 14.1.